The van der Waals surface area contributed by atoms with Crippen LogP contribution in [0.5, 0.6) is 0 Å². The van der Waals surface area contributed by atoms with Crippen molar-refractivity contribution >= 4 is 52.3 Å². The first kappa shape index (κ1) is 27.5. The molecule has 9 nitrogen and oxygen atoms in total. The molecule has 2 aromatic rings. The third kappa shape index (κ3) is 6.50. The van der Waals surface area contributed by atoms with Gasteiger partial charge in [0.25, 0.3) is 0 Å². The molecule has 37 heavy (non-hydrogen) atoms. The average molecular weight is 567 g/mol. The number of esters is 1. The number of nitrogens with one attached hydrogen (secondary N) is 1. The maximum atomic E-state index is 13.4. The molecule has 1 fully saturated rings. The van der Waals surface area contributed by atoms with Crippen molar-refractivity contribution in [3.8, 4) is 0 Å². The van der Waals surface area contributed by atoms with Crippen molar-refractivity contribution in [2.45, 2.75) is 44.9 Å². The van der Waals surface area contributed by atoms with Crippen LogP contribution in [0.25, 0.3) is 0 Å². The Morgan fingerprint density at radius 3 is 2.84 bits per heavy atom. The van der Waals surface area contributed by atoms with E-state index in [1.54, 1.807) is 31.3 Å². The SMILES string of the molecule is CCOC(=O)C1=C(CN2CCO[C@@H](C)[C@@H]2CCC(=O)O)NC(c2nccs2)=NC1c1ccc(Cl)cc1Cl. The van der Waals surface area contributed by atoms with E-state index in [1.807, 2.05) is 12.3 Å². The number of amidine groups is 1. The first-order valence-electron chi connectivity index (χ1n) is 12.0. The molecule has 2 N–H and O–H groups in total. The van der Waals surface area contributed by atoms with E-state index in [4.69, 9.17) is 37.7 Å². The third-order valence-corrected chi connectivity index (χ3v) is 7.64. The molecule has 198 valence electrons. The molecule has 2 aliphatic rings. The van der Waals surface area contributed by atoms with Gasteiger partial charge >= 0.3 is 11.9 Å². The lowest BCUT2D eigenvalue weighted by Crippen LogP contribution is -2.52. The second kappa shape index (κ2) is 12.4. The van der Waals surface area contributed by atoms with Crippen LogP contribution in [0.15, 0.2) is 46.0 Å². The van der Waals surface area contributed by atoms with E-state index >= 15 is 0 Å². The predicted octanol–water partition coefficient (Wildman–Crippen LogP) is 4.31. The number of hydrogen-bond donors (Lipinski definition) is 2. The molecule has 1 unspecified atom stereocenters. The van der Waals surface area contributed by atoms with Gasteiger partial charge in [-0.2, -0.15) is 0 Å². The zero-order valence-electron chi connectivity index (χ0n) is 20.4. The first-order valence-corrected chi connectivity index (χ1v) is 13.6. The number of aliphatic imine (C=N–C) groups is 1. The number of carboxylic acids is 1. The maximum Gasteiger partial charge on any atom is 0.338 e. The number of aliphatic carboxylic acids is 1. The largest absolute Gasteiger partial charge is 0.481 e. The topological polar surface area (TPSA) is 113 Å². The Balaban J connectivity index is 1.79. The standard InChI is InChI=1S/C25H28Cl2N4O5S/c1-3-35-25(34)21-18(13-31-9-10-36-14(2)19(31)6-7-20(32)33)29-23(24-28-8-11-37-24)30-22(21)16-5-4-15(26)12-17(16)27/h4-5,8,11-12,14,19,22H,3,6-7,9-10,13H2,1-2H3,(H,29,30)(H,32,33)/t14-,19-,22?/m0/s1. The summed E-state index contributed by atoms with van der Waals surface area (Å²) < 4.78 is 11.3. The van der Waals surface area contributed by atoms with Crippen LogP contribution in [-0.4, -0.2) is 71.2 Å². The quantitative estimate of drug-likeness (QED) is 0.431. The Hall–Kier alpha value is -2.50. The highest BCUT2D eigenvalue weighted by Crippen LogP contribution is 2.38. The van der Waals surface area contributed by atoms with Crippen LogP contribution in [-0.2, 0) is 19.1 Å². The molecular formula is C25H28Cl2N4O5S. The van der Waals surface area contributed by atoms with Crippen LogP contribution in [0.1, 0.15) is 43.3 Å². The van der Waals surface area contributed by atoms with Crippen LogP contribution in [0.4, 0.5) is 0 Å². The van der Waals surface area contributed by atoms with Gasteiger partial charge < -0.3 is 19.9 Å². The number of carboxylic acid groups (broad SMARTS) is 1. The Morgan fingerprint density at radius 1 is 1.35 bits per heavy atom. The Bertz CT molecular complexity index is 1200. The monoisotopic (exact) mass is 566 g/mol. The Morgan fingerprint density at radius 2 is 2.16 bits per heavy atom. The normalized spacial score (nSPS) is 22.4. The van der Waals surface area contributed by atoms with E-state index in [-0.39, 0.29) is 25.2 Å². The number of morpholine rings is 1. The predicted molar refractivity (Wildman–Crippen MR) is 142 cm³/mol. The van der Waals surface area contributed by atoms with E-state index in [9.17, 15) is 14.7 Å². The molecule has 12 heteroatoms. The summed E-state index contributed by atoms with van der Waals surface area (Å²) in [5.74, 6) is -0.862. The van der Waals surface area contributed by atoms with E-state index < -0.39 is 18.0 Å². The summed E-state index contributed by atoms with van der Waals surface area (Å²) in [5.41, 5.74) is 1.55. The summed E-state index contributed by atoms with van der Waals surface area (Å²) in [6.45, 7) is 5.27. The number of aromatic nitrogens is 1. The first-order chi connectivity index (χ1) is 17.8. The van der Waals surface area contributed by atoms with Crippen molar-refractivity contribution in [3.05, 3.63) is 61.7 Å². The molecule has 0 spiro atoms. The van der Waals surface area contributed by atoms with Crippen LogP contribution in [0, 0.1) is 0 Å². The summed E-state index contributed by atoms with van der Waals surface area (Å²) in [5, 5.41) is 16.0. The van der Waals surface area contributed by atoms with Gasteiger partial charge in [0, 0.05) is 58.4 Å². The van der Waals surface area contributed by atoms with Crippen LogP contribution >= 0.6 is 34.5 Å². The van der Waals surface area contributed by atoms with Crippen molar-refractivity contribution in [2.75, 3.05) is 26.3 Å². The van der Waals surface area contributed by atoms with Gasteiger partial charge in [0.2, 0.25) is 0 Å². The highest BCUT2D eigenvalue weighted by atomic mass is 35.5. The fourth-order valence-corrected chi connectivity index (χ4v) is 5.68. The minimum atomic E-state index is -0.865. The molecule has 3 atom stereocenters. The molecule has 1 aromatic carbocycles. The summed E-state index contributed by atoms with van der Waals surface area (Å²) >= 11 is 14.2. The average Bonchev–Trinajstić information content (AvgIpc) is 3.38. The highest BCUT2D eigenvalue weighted by molar-refractivity contribution is 7.11. The molecule has 4 rings (SSSR count). The third-order valence-electron chi connectivity index (χ3n) is 6.30. The van der Waals surface area contributed by atoms with Gasteiger partial charge in [0.15, 0.2) is 10.8 Å². The van der Waals surface area contributed by atoms with Crippen molar-refractivity contribution in [2.24, 2.45) is 4.99 Å². The molecular weight excluding hydrogens is 539 g/mol. The summed E-state index contributed by atoms with van der Waals surface area (Å²) in [6.07, 6.45) is 1.95. The molecule has 1 aromatic heterocycles. The lowest BCUT2D eigenvalue weighted by atomic mass is 9.94. The molecule has 0 radical (unpaired) electrons. The lowest BCUT2D eigenvalue weighted by Gasteiger charge is -2.41. The molecule has 0 amide bonds. The van der Waals surface area contributed by atoms with Crippen LogP contribution in [0.2, 0.25) is 10.0 Å². The molecule has 0 aliphatic carbocycles. The summed E-state index contributed by atoms with van der Waals surface area (Å²) in [7, 11) is 0. The fraction of sp³-hybridized carbons (Fsp3) is 0.440. The highest BCUT2D eigenvalue weighted by Gasteiger charge is 2.37. The second-order valence-corrected chi connectivity index (χ2v) is 10.4. The lowest BCUT2D eigenvalue weighted by molar-refractivity contribution is -0.139. The number of benzene rings is 1. The maximum absolute atomic E-state index is 13.4. The Kier molecular flexibility index (Phi) is 9.20. The van der Waals surface area contributed by atoms with Gasteiger partial charge in [-0.1, -0.05) is 29.3 Å². The molecule has 0 saturated carbocycles. The zero-order valence-corrected chi connectivity index (χ0v) is 22.8. The number of halogens is 2. The minimum Gasteiger partial charge on any atom is -0.481 e. The van der Waals surface area contributed by atoms with E-state index in [0.29, 0.717) is 63.8 Å². The van der Waals surface area contributed by atoms with E-state index in [1.165, 1.54) is 11.3 Å². The molecule has 3 heterocycles. The number of carbonyl (C=O) groups excluding carboxylic acids is 1. The number of carbonyl (C=O) groups is 2. The van der Waals surface area contributed by atoms with Gasteiger partial charge in [-0.05, 0) is 32.4 Å². The van der Waals surface area contributed by atoms with Gasteiger partial charge in [-0.25, -0.2) is 9.78 Å². The number of thiazole rings is 1. The fourth-order valence-electron chi connectivity index (χ4n) is 4.58. The van der Waals surface area contributed by atoms with Crippen molar-refractivity contribution in [3.63, 3.8) is 0 Å². The summed E-state index contributed by atoms with van der Waals surface area (Å²) in [4.78, 5) is 36.1. The van der Waals surface area contributed by atoms with E-state index in [2.05, 4.69) is 15.2 Å². The van der Waals surface area contributed by atoms with Crippen LogP contribution < -0.4 is 5.32 Å². The summed E-state index contributed by atoms with van der Waals surface area (Å²) in [6, 6.07) is 4.18. The van der Waals surface area contributed by atoms with Gasteiger partial charge in [-0.15, -0.1) is 11.3 Å². The molecule has 0 bridgehead atoms. The smallest absolute Gasteiger partial charge is 0.338 e. The number of hydrogen-bond acceptors (Lipinski definition) is 9. The van der Waals surface area contributed by atoms with Gasteiger partial charge in [0.05, 0.1) is 24.9 Å². The second-order valence-electron chi connectivity index (χ2n) is 8.67. The van der Waals surface area contributed by atoms with E-state index in [0.717, 1.165) is 0 Å². The van der Waals surface area contributed by atoms with Gasteiger partial charge in [0.1, 0.15) is 6.04 Å². The van der Waals surface area contributed by atoms with Crippen molar-refractivity contribution < 1.29 is 24.2 Å². The number of ether oxygens (including phenoxy) is 2. The van der Waals surface area contributed by atoms with Gasteiger partial charge in [-0.3, -0.25) is 14.7 Å². The van der Waals surface area contributed by atoms with Crippen LogP contribution in [0.3, 0.4) is 0 Å². The Labute approximate surface area is 229 Å². The van der Waals surface area contributed by atoms with Crippen molar-refractivity contribution in [1.82, 2.24) is 15.2 Å². The zero-order chi connectivity index (χ0) is 26.5. The van der Waals surface area contributed by atoms with Crippen molar-refractivity contribution in [1.29, 1.82) is 0 Å². The molecule has 1 saturated heterocycles. The minimum absolute atomic E-state index is 0.0148. The number of nitrogens with zero attached hydrogens (tertiary/aromatic N) is 3. The molecule has 2 aliphatic heterocycles. The number of rotatable bonds is 9.